The summed E-state index contributed by atoms with van der Waals surface area (Å²) in [7, 11) is 0. The summed E-state index contributed by atoms with van der Waals surface area (Å²) in [6, 6.07) is 10.7. The van der Waals surface area contributed by atoms with Gasteiger partial charge in [-0.2, -0.15) is 0 Å². The third-order valence-corrected chi connectivity index (χ3v) is 5.20. The van der Waals surface area contributed by atoms with Crippen LogP contribution in [0.25, 0.3) is 0 Å². The summed E-state index contributed by atoms with van der Waals surface area (Å²) >= 11 is 0. The molecule has 138 valence electrons. The van der Waals surface area contributed by atoms with Crippen LogP contribution in [0.1, 0.15) is 32.3 Å². The van der Waals surface area contributed by atoms with E-state index in [4.69, 9.17) is 9.47 Å². The molecule has 2 fully saturated rings. The molecule has 0 bridgehead atoms. The van der Waals surface area contributed by atoms with Gasteiger partial charge in [0.15, 0.2) is 0 Å². The van der Waals surface area contributed by atoms with Gasteiger partial charge in [0.2, 0.25) is 5.91 Å². The maximum Gasteiger partial charge on any atom is 0.220 e. The lowest BCUT2D eigenvalue weighted by Gasteiger charge is -2.32. The van der Waals surface area contributed by atoms with Crippen molar-refractivity contribution in [2.45, 2.75) is 57.5 Å². The molecule has 0 saturated carbocycles. The van der Waals surface area contributed by atoms with E-state index in [0.717, 1.165) is 12.0 Å². The Morgan fingerprint density at radius 2 is 1.96 bits per heavy atom. The molecule has 0 aromatic heterocycles. The Kier molecular flexibility index (Phi) is 6.42. The molecule has 3 N–H and O–H groups in total. The molecule has 0 aliphatic carbocycles. The van der Waals surface area contributed by atoms with Crippen molar-refractivity contribution in [1.29, 1.82) is 0 Å². The molecule has 2 heterocycles. The quantitative estimate of drug-likeness (QED) is 0.725. The molecule has 2 aliphatic rings. The molecule has 2 saturated heterocycles. The first-order valence-corrected chi connectivity index (χ1v) is 9.17. The first kappa shape index (κ1) is 18.3. The maximum absolute atomic E-state index is 12.5. The fourth-order valence-electron chi connectivity index (χ4n) is 3.56. The largest absolute Gasteiger partial charge is 0.379 e. The van der Waals surface area contributed by atoms with Crippen molar-refractivity contribution in [1.82, 2.24) is 16.2 Å². The third kappa shape index (κ3) is 5.01. The number of rotatable bonds is 6. The summed E-state index contributed by atoms with van der Waals surface area (Å²) < 4.78 is 11.6. The minimum Gasteiger partial charge on any atom is -0.379 e. The average Bonchev–Trinajstić information content (AvgIpc) is 2.94. The summed E-state index contributed by atoms with van der Waals surface area (Å²) in [5, 5.41) is 3.17. The van der Waals surface area contributed by atoms with Gasteiger partial charge in [0.25, 0.3) is 0 Å². The van der Waals surface area contributed by atoms with Crippen LogP contribution < -0.4 is 16.2 Å². The van der Waals surface area contributed by atoms with E-state index >= 15 is 0 Å². The lowest BCUT2D eigenvalue weighted by atomic mass is 9.92. The molecule has 1 amide bonds. The minimum absolute atomic E-state index is 0.0119. The van der Waals surface area contributed by atoms with Gasteiger partial charge in [-0.15, -0.1) is 0 Å². The second-order valence-corrected chi connectivity index (χ2v) is 7.11. The number of ether oxygens (including phenoxy) is 2. The Labute approximate surface area is 149 Å². The van der Waals surface area contributed by atoms with E-state index in [1.54, 1.807) is 0 Å². The fourth-order valence-corrected chi connectivity index (χ4v) is 3.56. The molecular formula is C19H29N3O3. The minimum atomic E-state index is -0.104. The first-order chi connectivity index (χ1) is 12.1. The van der Waals surface area contributed by atoms with Gasteiger partial charge in [-0.1, -0.05) is 30.3 Å². The highest BCUT2D eigenvalue weighted by Crippen LogP contribution is 2.19. The predicted molar refractivity (Wildman–Crippen MR) is 95.7 cm³/mol. The van der Waals surface area contributed by atoms with Crippen LogP contribution in [0.3, 0.4) is 0 Å². The number of hydrogen-bond acceptors (Lipinski definition) is 5. The van der Waals surface area contributed by atoms with Gasteiger partial charge < -0.3 is 14.8 Å². The van der Waals surface area contributed by atoms with Crippen molar-refractivity contribution in [3.63, 3.8) is 0 Å². The summed E-state index contributed by atoms with van der Waals surface area (Å²) in [6.07, 6.45) is 1.20. The molecule has 6 heteroatoms. The highest BCUT2D eigenvalue weighted by Gasteiger charge is 2.33. The molecule has 0 radical (unpaired) electrons. The number of nitrogens with one attached hydrogen (secondary N) is 3. The van der Waals surface area contributed by atoms with Crippen molar-refractivity contribution < 1.29 is 14.3 Å². The zero-order valence-electron chi connectivity index (χ0n) is 15.0. The zero-order valence-corrected chi connectivity index (χ0v) is 15.0. The van der Waals surface area contributed by atoms with E-state index in [-0.39, 0.29) is 18.1 Å². The molecule has 0 spiro atoms. The van der Waals surface area contributed by atoms with Crippen LogP contribution in [0.5, 0.6) is 0 Å². The molecule has 4 atom stereocenters. The van der Waals surface area contributed by atoms with Crippen molar-refractivity contribution in [3.8, 4) is 0 Å². The fraction of sp³-hybridized carbons (Fsp3) is 0.632. The van der Waals surface area contributed by atoms with E-state index in [0.29, 0.717) is 44.2 Å². The number of carbonyl (C=O) groups excluding carboxylic acids is 1. The van der Waals surface area contributed by atoms with Gasteiger partial charge in [0, 0.05) is 31.0 Å². The molecular weight excluding hydrogens is 318 g/mol. The monoisotopic (exact) mass is 347 g/mol. The number of amides is 1. The molecule has 6 nitrogen and oxygen atoms in total. The van der Waals surface area contributed by atoms with Crippen LogP contribution in [0.15, 0.2) is 30.3 Å². The SMILES string of the molecule is CC1NNC(C)C1CC(=O)N[C@@H]1CCOC[C@H]1OCc1ccccc1. The number of hydrazine groups is 1. The molecule has 1 aromatic rings. The average molecular weight is 347 g/mol. The van der Waals surface area contributed by atoms with Crippen LogP contribution in [0.2, 0.25) is 0 Å². The molecule has 1 aromatic carbocycles. The lowest BCUT2D eigenvalue weighted by Crippen LogP contribution is -2.50. The molecule has 2 unspecified atom stereocenters. The second kappa shape index (κ2) is 8.76. The second-order valence-electron chi connectivity index (χ2n) is 7.11. The highest BCUT2D eigenvalue weighted by molar-refractivity contribution is 5.76. The summed E-state index contributed by atoms with van der Waals surface area (Å²) in [6.45, 7) is 5.93. The Bertz CT molecular complexity index is 544. The lowest BCUT2D eigenvalue weighted by molar-refractivity contribution is -0.127. The third-order valence-electron chi connectivity index (χ3n) is 5.20. The first-order valence-electron chi connectivity index (χ1n) is 9.17. The van der Waals surface area contributed by atoms with Crippen LogP contribution in [0.4, 0.5) is 0 Å². The van der Waals surface area contributed by atoms with Crippen molar-refractivity contribution in [2.75, 3.05) is 13.2 Å². The van der Waals surface area contributed by atoms with Gasteiger partial charge >= 0.3 is 0 Å². The number of benzene rings is 1. The van der Waals surface area contributed by atoms with E-state index in [1.165, 1.54) is 0 Å². The maximum atomic E-state index is 12.5. The van der Waals surface area contributed by atoms with Gasteiger partial charge in [-0.3, -0.25) is 15.6 Å². The van der Waals surface area contributed by atoms with Crippen LogP contribution in [0, 0.1) is 5.92 Å². The Balaban J connectivity index is 1.51. The van der Waals surface area contributed by atoms with Crippen molar-refractivity contribution >= 4 is 5.91 Å². The van der Waals surface area contributed by atoms with E-state index < -0.39 is 0 Å². The molecule has 2 aliphatic heterocycles. The van der Waals surface area contributed by atoms with Crippen LogP contribution in [-0.2, 0) is 20.9 Å². The van der Waals surface area contributed by atoms with Gasteiger partial charge in [-0.05, 0) is 25.8 Å². The summed E-state index contributed by atoms with van der Waals surface area (Å²) in [5.41, 5.74) is 7.53. The van der Waals surface area contributed by atoms with Crippen LogP contribution in [-0.4, -0.2) is 43.4 Å². The number of carbonyl (C=O) groups is 1. The van der Waals surface area contributed by atoms with Crippen molar-refractivity contribution in [2.24, 2.45) is 5.92 Å². The predicted octanol–water partition coefficient (Wildman–Crippen LogP) is 1.37. The Morgan fingerprint density at radius 3 is 2.68 bits per heavy atom. The normalized spacial score (nSPS) is 32.5. The van der Waals surface area contributed by atoms with Crippen LogP contribution >= 0.6 is 0 Å². The smallest absolute Gasteiger partial charge is 0.220 e. The molecule has 3 rings (SSSR count). The molecule has 25 heavy (non-hydrogen) atoms. The topological polar surface area (TPSA) is 71.6 Å². The summed E-state index contributed by atoms with van der Waals surface area (Å²) in [4.78, 5) is 12.5. The standard InChI is InChI=1S/C19H29N3O3/c1-13-16(14(2)22-21-13)10-19(23)20-17-8-9-24-12-18(17)25-11-15-6-4-3-5-7-15/h3-7,13-14,16-18,21-22H,8-12H2,1-2H3,(H,20,23)/t13?,14?,16?,17-,18-/m1/s1. The van der Waals surface area contributed by atoms with Gasteiger partial charge in [0.05, 0.1) is 19.3 Å². The van der Waals surface area contributed by atoms with Gasteiger partial charge in [-0.25, -0.2) is 0 Å². The van der Waals surface area contributed by atoms with E-state index in [9.17, 15) is 4.79 Å². The van der Waals surface area contributed by atoms with E-state index in [1.807, 2.05) is 30.3 Å². The van der Waals surface area contributed by atoms with Crippen molar-refractivity contribution in [3.05, 3.63) is 35.9 Å². The number of hydrogen-bond donors (Lipinski definition) is 3. The Hall–Kier alpha value is -1.47. The van der Waals surface area contributed by atoms with Gasteiger partial charge in [0.1, 0.15) is 6.10 Å². The highest BCUT2D eigenvalue weighted by atomic mass is 16.5. The Morgan fingerprint density at radius 1 is 1.24 bits per heavy atom. The van der Waals surface area contributed by atoms with E-state index in [2.05, 4.69) is 30.0 Å². The summed E-state index contributed by atoms with van der Waals surface area (Å²) in [5.74, 6) is 0.387. The zero-order chi connectivity index (χ0) is 17.6.